The van der Waals surface area contributed by atoms with Crippen LogP contribution in [-0.4, -0.2) is 34.6 Å². The molecule has 0 aliphatic carbocycles. The molecule has 0 saturated heterocycles. The van der Waals surface area contributed by atoms with Gasteiger partial charge in [0.05, 0.1) is 24.3 Å². The minimum absolute atomic E-state index is 0.0663. The van der Waals surface area contributed by atoms with Crippen molar-refractivity contribution in [3.05, 3.63) is 84.4 Å². The van der Waals surface area contributed by atoms with Gasteiger partial charge in [-0.15, -0.1) is 0 Å². The Kier molecular flexibility index (Phi) is 7.72. The third-order valence-corrected chi connectivity index (χ3v) is 6.52. The van der Waals surface area contributed by atoms with E-state index in [1.54, 1.807) is 42.5 Å². The molecule has 168 valence electrons. The van der Waals surface area contributed by atoms with E-state index in [9.17, 15) is 13.2 Å². The summed E-state index contributed by atoms with van der Waals surface area (Å²) in [5.41, 5.74) is 1.21. The molecule has 0 radical (unpaired) electrons. The summed E-state index contributed by atoms with van der Waals surface area (Å²) in [6.45, 7) is 2.25. The van der Waals surface area contributed by atoms with Crippen molar-refractivity contribution in [1.29, 1.82) is 0 Å². The topological polar surface area (TPSA) is 84.9 Å². The number of nitrogens with zero attached hydrogens (tertiary/aromatic N) is 1. The lowest BCUT2D eigenvalue weighted by atomic mass is 10.2. The van der Waals surface area contributed by atoms with E-state index < -0.39 is 15.9 Å². The Morgan fingerprint density at radius 2 is 1.59 bits per heavy atom. The smallest absolute Gasteiger partial charge is 0.264 e. The van der Waals surface area contributed by atoms with Crippen LogP contribution in [0.1, 0.15) is 12.5 Å². The molecule has 1 amide bonds. The zero-order chi connectivity index (χ0) is 23.0. The van der Waals surface area contributed by atoms with Gasteiger partial charge in [0.25, 0.3) is 10.0 Å². The van der Waals surface area contributed by atoms with Crippen molar-refractivity contribution in [2.45, 2.75) is 18.4 Å². The number of benzene rings is 3. The molecule has 1 N–H and O–H groups in total. The third kappa shape index (κ3) is 5.59. The summed E-state index contributed by atoms with van der Waals surface area (Å²) in [7, 11) is -2.47. The van der Waals surface area contributed by atoms with Gasteiger partial charge < -0.3 is 14.8 Å². The van der Waals surface area contributed by atoms with Crippen LogP contribution in [0.3, 0.4) is 0 Å². The molecule has 0 atom stereocenters. The van der Waals surface area contributed by atoms with Crippen LogP contribution in [0.25, 0.3) is 0 Å². The molecule has 0 aliphatic rings. The summed E-state index contributed by atoms with van der Waals surface area (Å²) in [6, 6.07) is 22.0. The molecule has 0 bridgehead atoms. The van der Waals surface area contributed by atoms with Gasteiger partial charge in [-0.25, -0.2) is 8.42 Å². The number of ether oxygens (including phenoxy) is 2. The molecule has 3 aromatic rings. The molecule has 0 aromatic heterocycles. The normalized spacial score (nSPS) is 10.9. The highest BCUT2D eigenvalue weighted by Crippen LogP contribution is 2.25. The Morgan fingerprint density at radius 1 is 0.938 bits per heavy atom. The SMILES string of the molecule is CCOc1ccccc1CNC(=O)CN(c1ccccc1)S(=O)(=O)c1ccc(OC)cc1. The number of amides is 1. The number of anilines is 1. The fourth-order valence-electron chi connectivity index (χ4n) is 3.11. The molecule has 0 spiro atoms. The van der Waals surface area contributed by atoms with Crippen molar-refractivity contribution in [2.24, 2.45) is 0 Å². The van der Waals surface area contributed by atoms with Crippen LogP contribution in [0, 0.1) is 0 Å². The number of sulfonamides is 1. The van der Waals surface area contributed by atoms with Gasteiger partial charge in [0.15, 0.2) is 0 Å². The van der Waals surface area contributed by atoms with Crippen molar-refractivity contribution in [2.75, 3.05) is 24.6 Å². The lowest BCUT2D eigenvalue weighted by Crippen LogP contribution is -2.40. The molecule has 0 aliphatic heterocycles. The minimum atomic E-state index is -3.98. The predicted molar refractivity (Wildman–Crippen MR) is 123 cm³/mol. The Morgan fingerprint density at radius 3 is 2.25 bits per heavy atom. The van der Waals surface area contributed by atoms with Crippen LogP contribution >= 0.6 is 0 Å². The maximum absolute atomic E-state index is 13.4. The highest BCUT2D eigenvalue weighted by molar-refractivity contribution is 7.92. The van der Waals surface area contributed by atoms with E-state index in [1.165, 1.54) is 19.2 Å². The summed E-state index contributed by atoms with van der Waals surface area (Å²) in [4.78, 5) is 12.8. The number of rotatable bonds is 10. The molecule has 3 rings (SSSR count). The molecule has 7 nitrogen and oxygen atoms in total. The first-order valence-corrected chi connectivity index (χ1v) is 11.6. The highest BCUT2D eigenvalue weighted by atomic mass is 32.2. The van der Waals surface area contributed by atoms with Gasteiger partial charge in [0, 0.05) is 12.1 Å². The van der Waals surface area contributed by atoms with Gasteiger partial charge in [-0.3, -0.25) is 9.10 Å². The first kappa shape index (κ1) is 23.1. The number of hydrogen-bond acceptors (Lipinski definition) is 5. The first-order chi connectivity index (χ1) is 15.5. The average molecular weight is 455 g/mol. The largest absolute Gasteiger partial charge is 0.497 e. The second-order valence-electron chi connectivity index (χ2n) is 6.84. The second kappa shape index (κ2) is 10.7. The van der Waals surface area contributed by atoms with Crippen molar-refractivity contribution in [3.63, 3.8) is 0 Å². The Labute approximate surface area is 188 Å². The molecular weight excluding hydrogens is 428 g/mol. The van der Waals surface area contributed by atoms with Crippen molar-refractivity contribution in [3.8, 4) is 11.5 Å². The van der Waals surface area contributed by atoms with E-state index in [2.05, 4.69) is 5.32 Å². The Hall–Kier alpha value is -3.52. The summed E-state index contributed by atoms with van der Waals surface area (Å²) in [5, 5.41) is 2.79. The standard InChI is InChI=1S/C24H26N2O5S/c1-3-31-23-12-8-7-9-19(23)17-25-24(27)18-26(20-10-5-4-6-11-20)32(28,29)22-15-13-21(30-2)14-16-22/h4-16H,3,17-18H2,1-2H3,(H,25,27). The molecule has 0 heterocycles. The molecule has 0 saturated carbocycles. The summed E-state index contributed by atoms with van der Waals surface area (Å²) in [6.07, 6.45) is 0. The van der Waals surface area contributed by atoms with E-state index >= 15 is 0 Å². The van der Waals surface area contributed by atoms with Crippen LogP contribution in [0.5, 0.6) is 11.5 Å². The number of hydrogen-bond donors (Lipinski definition) is 1. The summed E-state index contributed by atoms with van der Waals surface area (Å²) >= 11 is 0. The van der Waals surface area contributed by atoms with E-state index in [4.69, 9.17) is 9.47 Å². The van der Waals surface area contributed by atoms with Gasteiger partial charge in [-0.1, -0.05) is 36.4 Å². The molecule has 32 heavy (non-hydrogen) atoms. The predicted octanol–water partition coefficient (Wildman–Crippen LogP) is 3.61. The zero-order valence-electron chi connectivity index (χ0n) is 18.0. The number of methoxy groups -OCH3 is 1. The molecule has 0 fully saturated rings. The number of nitrogens with one attached hydrogen (secondary N) is 1. The lowest BCUT2D eigenvalue weighted by molar-refractivity contribution is -0.119. The van der Waals surface area contributed by atoms with Crippen LogP contribution in [0.15, 0.2) is 83.8 Å². The van der Waals surface area contributed by atoms with Crippen LogP contribution in [0.4, 0.5) is 5.69 Å². The van der Waals surface area contributed by atoms with E-state index in [1.807, 2.05) is 31.2 Å². The lowest BCUT2D eigenvalue weighted by Gasteiger charge is -2.24. The number of carbonyl (C=O) groups is 1. The fourth-order valence-corrected chi connectivity index (χ4v) is 4.53. The Bertz CT molecular complexity index is 1130. The van der Waals surface area contributed by atoms with Crippen molar-refractivity contribution < 1.29 is 22.7 Å². The molecular formula is C24H26N2O5S. The van der Waals surface area contributed by atoms with Crippen LogP contribution < -0.4 is 19.1 Å². The van der Waals surface area contributed by atoms with Gasteiger partial charge in [-0.05, 0) is 49.4 Å². The average Bonchev–Trinajstić information content (AvgIpc) is 2.82. The highest BCUT2D eigenvalue weighted by Gasteiger charge is 2.27. The first-order valence-electron chi connectivity index (χ1n) is 10.1. The Balaban J connectivity index is 1.81. The molecule has 8 heteroatoms. The van der Waals surface area contributed by atoms with Gasteiger partial charge >= 0.3 is 0 Å². The van der Waals surface area contributed by atoms with Gasteiger partial charge in [0.2, 0.25) is 5.91 Å². The van der Waals surface area contributed by atoms with Crippen LogP contribution in [0.2, 0.25) is 0 Å². The fraction of sp³-hybridized carbons (Fsp3) is 0.208. The zero-order valence-corrected chi connectivity index (χ0v) is 18.8. The number of carbonyl (C=O) groups excluding carboxylic acids is 1. The summed E-state index contributed by atoms with van der Waals surface area (Å²) in [5.74, 6) is 0.791. The van der Waals surface area contributed by atoms with Crippen molar-refractivity contribution in [1.82, 2.24) is 5.32 Å². The second-order valence-corrected chi connectivity index (χ2v) is 8.70. The summed E-state index contributed by atoms with van der Waals surface area (Å²) < 4.78 is 38.5. The van der Waals surface area contributed by atoms with Gasteiger partial charge in [0.1, 0.15) is 18.0 Å². The van der Waals surface area contributed by atoms with Crippen LogP contribution in [-0.2, 0) is 21.4 Å². The third-order valence-electron chi connectivity index (χ3n) is 4.73. The van der Waals surface area contributed by atoms with E-state index in [-0.39, 0.29) is 18.0 Å². The monoisotopic (exact) mass is 454 g/mol. The number of para-hydroxylation sites is 2. The van der Waals surface area contributed by atoms with E-state index in [0.717, 1.165) is 9.87 Å². The van der Waals surface area contributed by atoms with E-state index in [0.29, 0.717) is 23.8 Å². The maximum atomic E-state index is 13.4. The van der Waals surface area contributed by atoms with Crippen molar-refractivity contribution >= 4 is 21.6 Å². The van der Waals surface area contributed by atoms with Gasteiger partial charge in [-0.2, -0.15) is 0 Å². The molecule has 0 unspecified atom stereocenters. The quantitative estimate of drug-likeness (QED) is 0.506. The molecule has 3 aromatic carbocycles. The maximum Gasteiger partial charge on any atom is 0.264 e. The minimum Gasteiger partial charge on any atom is -0.497 e.